The van der Waals surface area contributed by atoms with Crippen LogP contribution in [0, 0.1) is 22.7 Å². The van der Waals surface area contributed by atoms with Gasteiger partial charge in [-0.1, -0.05) is 12.1 Å². The first kappa shape index (κ1) is 14.3. The van der Waals surface area contributed by atoms with Crippen molar-refractivity contribution in [2.24, 2.45) is 0 Å². The lowest BCUT2D eigenvalue weighted by molar-refractivity contribution is 0.0968. The van der Waals surface area contributed by atoms with E-state index in [9.17, 15) is 4.79 Å². The Morgan fingerprint density at radius 3 is 2.76 bits per heavy atom. The zero-order valence-electron chi connectivity index (χ0n) is 11.4. The molecule has 0 atom stereocenters. The molecule has 0 spiro atoms. The highest BCUT2D eigenvalue weighted by atomic mass is 16.5. The van der Waals surface area contributed by atoms with Crippen molar-refractivity contribution in [1.29, 1.82) is 10.5 Å². The lowest BCUT2D eigenvalue weighted by Crippen LogP contribution is -2.13. The van der Waals surface area contributed by atoms with Crippen LogP contribution in [0.2, 0.25) is 0 Å². The molecule has 1 aromatic heterocycles. The maximum Gasteiger partial charge on any atom is 0.186 e. The van der Waals surface area contributed by atoms with Crippen molar-refractivity contribution in [3.05, 3.63) is 47.5 Å². The van der Waals surface area contributed by atoms with Crippen LogP contribution in [0.1, 0.15) is 28.7 Å². The molecule has 0 saturated carbocycles. The molecule has 1 heterocycles. The second-order valence-corrected chi connectivity index (χ2v) is 4.15. The van der Waals surface area contributed by atoms with E-state index < -0.39 is 0 Å². The smallest absolute Gasteiger partial charge is 0.186 e. The zero-order chi connectivity index (χ0) is 15.2. The number of hydrogen-bond acceptors (Lipinski definition) is 5. The Kier molecular flexibility index (Phi) is 4.33. The van der Waals surface area contributed by atoms with Crippen LogP contribution < -0.4 is 4.74 Å². The number of ketones is 1. The molecule has 0 unspecified atom stereocenters. The average Bonchev–Trinajstić information content (AvgIpc) is 2.89. The van der Waals surface area contributed by atoms with E-state index >= 15 is 0 Å². The molecule has 0 aliphatic heterocycles. The van der Waals surface area contributed by atoms with Crippen molar-refractivity contribution in [3.63, 3.8) is 0 Å². The summed E-state index contributed by atoms with van der Waals surface area (Å²) in [6.07, 6.45) is 1.32. The summed E-state index contributed by atoms with van der Waals surface area (Å²) in [6, 6.07) is 10.6. The van der Waals surface area contributed by atoms with Crippen LogP contribution in [0.15, 0.2) is 30.6 Å². The third-order valence-electron chi connectivity index (χ3n) is 2.85. The first-order chi connectivity index (χ1) is 10.2. The summed E-state index contributed by atoms with van der Waals surface area (Å²) in [6.45, 7) is 2.23. The quantitative estimate of drug-likeness (QED) is 0.780. The molecule has 2 rings (SSSR count). The maximum absolute atomic E-state index is 12.4. The number of hydrogen-bond donors (Lipinski definition) is 0. The molecule has 0 N–H and O–H groups in total. The Morgan fingerprint density at radius 1 is 1.33 bits per heavy atom. The fourth-order valence-electron chi connectivity index (χ4n) is 1.92. The van der Waals surface area contributed by atoms with Crippen molar-refractivity contribution in [2.75, 3.05) is 6.61 Å². The van der Waals surface area contributed by atoms with Gasteiger partial charge < -0.3 is 9.30 Å². The van der Waals surface area contributed by atoms with Crippen LogP contribution in [-0.2, 0) is 6.54 Å². The normalized spacial score (nSPS) is 9.67. The number of aromatic nitrogens is 2. The largest absolute Gasteiger partial charge is 0.493 e. The average molecular weight is 280 g/mol. The third-order valence-corrected chi connectivity index (χ3v) is 2.85. The van der Waals surface area contributed by atoms with E-state index in [-0.39, 0.29) is 23.7 Å². The molecule has 0 fully saturated rings. The molecule has 0 bridgehead atoms. The summed E-state index contributed by atoms with van der Waals surface area (Å²) in [5.74, 6) is 0.293. The van der Waals surface area contributed by atoms with Crippen LogP contribution >= 0.6 is 0 Å². The number of carbonyl (C=O) groups excluding carboxylic acids is 1. The summed E-state index contributed by atoms with van der Waals surface area (Å²) in [7, 11) is 0. The number of rotatable bonds is 5. The number of ether oxygens (including phenoxy) is 1. The number of nitriles is 2. The highest BCUT2D eigenvalue weighted by molar-refractivity contribution is 5.98. The van der Waals surface area contributed by atoms with E-state index in [1.54, 1.807) is 24.3 Å². The van der Waals surface area contributed by atoms with Crippen molar-refractivity contribution < 1.29 is 9.53 Å². The standard InChI is InChI=1S/C15H12N4O2/c1-2-21-15-6-4-3-5-11(15)14(20)9-19-10-18-12(7-16)13(19)8-17/h3-6,10H,2,9H2,1H3. The van der Waals surface area contributed by atoms with E-state index in [1.165, 1.54) is 10.9 Å². The van der Waals surface area contributed by atoms with Gasteiger partial charge in [0.25, 0.3) is 0 Å². The number of nitrogens with zero attached hydrogens (tertiary/aromatic N) is 4. The predicted molar refractivity (Wildman–Crippen MR) is 73.6 cm³/mol. The van der Waals surface area contributed by atoms with Gasteiger partial charge >= 0.3 is 0 Å². The van der Waals surface area contributed by atoms with Gasteiger partial charge in [-0.05, 0) is 19.1 Å². The molecule has 104 valence electrons. The van der Waals surface area contributed by atoms with E-state index in [0.29, 0.717) is 17.9 Å². The molecule has 6 nitrogen and oxygen atoms in total. The summed E-state index contributed by atoms with van der Waals surface area (Å²) < 4.78 is 6.78. The van der Waals surface area contributed by atoms with Gasteiger partial charge in [0.2, 0.25) is 0 Å². The molecule has 21 heavy (non-hydrogen) atoms. The summed E-state index contributed by atoms with van der Waals surface area (Å²) >= 11 is 0. The number of carbonyl (C=O) groups is 1. The molecule has 0 aliphatic carbocycles. The maximum atomic E-state index is 12.4. The monoisotopic (exact) mass is 280 g/mol. The lowest BCUT2D eigenvalue weighted by atomic mass is 10.1. The topological polar surface area (TPSA) is 91.7 Å². The Labute approximate surface area is 121 Å². The van der Waals surface area contributed by atoms with Gasteiger partial charge in [0.1, 0.15) is 17.9 Å². The summed E-state index contributed by atoms with van der Waals surface area (Å²) in [5, 5.41) is 17.9. The second kappa shape index (κ2) is 6.36. The van der Waals surface area contributed by atoms with Gasteiger partial charge in [-0.25, -0.2) is 4.98 Å². The Morgan fingerprint density at radius 2 is 2.10 bits per heavy atom. The summed E-state index contributed by atoms with van der Waals surface area (Å²) in [5.41, 5.74) is 0.540. The van der Waals surface area contributed by atoms with Gasteiger partial charge in [-0.3, -0.25) is 4.79 Å². The van der Waals surface area contributed by atoms with E-state index in [0.717, 1.165) is 0 Å². The Balaban J connectivity index is 2.30. The van der Waals surface area contributed by atoms with Crippen LogP contribution in [-0.4, -0.2) is 21.9 Å². The summed E-state index contributed by atoms with van der Waals surface area (Å²) in [4.78, 5) is 16.2. The Hall–Kier alpha value is -3.12. The van der Waals surface area contributed by atoms with Gasteiger partial charge in [0.15, 0.2) is 17.2 Å². The number of para-hydroxylation sites is 1. The van der Waals surface area contributed by atoms with E-state index in [4.69, 9.17) is 15.3 Å². The number of imidazole rings is 1. The third kappa shape index (κ3) is 2.90. The van der Waals surface area contributed by atoms with Gasteiger partial charge in [0, 0.05) is 0 Å². The number of Topliss-reactive ketones (excluding diaryl/α,β-unsaturated/α-hetero) is 1. The highest BCUT2D eigenvalue weighted by Gasteiger charge is 2.16. The lowest BCUT2D eigenvalue weighted by Gasteiger charge is -2.09. The predicted octanol–water partition coefficient (Wildman–Crippen LogP) is 1.91. The van der Waals surface area contributed by atoms with Gasteiger partial charge in [-0.15, -0.1) is 0 Å². The zero-order valence-corrected chi connectivity index (χ0v) is 11.4. The van der Waals surface area contributed by atoms with Crippen LogP contribution in [0.3, 0.4) is 0 Å². The van der Waals surface area contributed by atoms with E-state index in [2.05, 4.69) is 4.98 Å². The molecule has 0 saturated heterocycles. The van der Waals surface area contributed by atoms with E-state index in [1.807, 2.05) is 19.1 Å². The van der Waals surface area contributed by atoms with Crippen LogP contribution in [0.4, 0.5) is 0 Å². The molecule has 0 amide bonds. The van der Waals surface area contributed by atoms with Gasteiger partial charge in [-0.2, -0.15) is 10.5 Å². The van der Waals surface area contributed by atoms with Crippen LogP contribution in [0.25, 0.3) is 0 Å². The minimum absolute atomic E-state index is 0.0170. The fourth-order valence-corrected chi connectivity index (χ4v) is 1.92. The van der Waals surface area contributed by atoms with Gasteiger partial charge in [0.05, 0.1) is 25.0 Å². The SMILES string of the molecule is CCOc1ccccc1C(=O)Cn1cnc(C#N)c1C#N. The molecule has 2 aromatic rings. The number of benzene rings is 1. The highest BCUT2D eigenvalue weighted by Crippen LogP contribution is 2.19. The minimum Gasteiger partial charge on any atom is -0.493 e. The molecular formula is C15H12N4O2. The van der Waals surface area contributed by atoms with Crippen molar-refractivity contribution in [3.8, 4) is 17.9 Å². The first-order valence-corrected chi connectivity index (χ1v) is 6.31. The minimum atomic E-state index is -0.211. The molecule has 0 aliphatic rings. The first-order valence-electron chi connectivity index (χ1n) is 6.31. The molecular weight excluding hydrogens is 268 g/mol. The van der Waals surface area contributed by atoms with Crippen LogP contribution in [0.5, 0.6) is 5.75 Å². The molecule has 1 aromatic carbocycles. The van der Waals surface area contributed by atoms with Crippen molar-refractivity contribution >= 4 is 5.78 Å². The van der Waals surface area contributed by atoms with Crippen molar-refractivity contribution in [2.45, 2.75) is 13.5 Å². The second-order valence-electron chi connectivity index (χ2n) is 4.15. The fraction of sp³-hybridized carbons (Fsp3) is 0.200. The van der Waals surface area contributed by atoms with Crippen molar-refractivity contribution in [1.82, 2.24) is 9.55 Å². The Bertz CT molecular complexity index is 750. The molecule has 6 heteroatoms. The molecule has 0 radical (unpaired) electrons.